The van der Waals surface area contributed by atoms with Gasteiger partial charge in [-0.15, -0.1) is 0 Å². The second kappa shape index (κ2) is 7.62. The molecule has 3 rings (SSSR count). The summed E-state index contributed by atoms with van der Waals surface area (Å²) in [6, 6.07) is 7.95. The largest absolute Gasteiger partial charge is 0.456 e. The third kappa shape index (κ3) is 3.85. The standard InChI is InChI=1S/C19H25N3O2/c1-14-12-15(2)24-18(14)19(23)22(13-16-6-3-4-10-21-16)17-7-5-9-20-11-8-17/h3-4,6,10,12,17,20H,5,7-9,11,13H2,1-2H3/t17-/m1/s1. The lowest BCUT2D eigenvalue weighted by molar-refractivity contribution is 0.0607. The molecule has 128 valence electrons. The number of furan rings is 1. The Morgan fingerprint density at radius 3 is 2.92 bits per heavy atom. The number of carbonyl (C=O) groups is 1. The van der Waals surface area contributed by atoms with E-state index in [0.717, 1.165) is 49.4 Å². The Morgan fingerprint density at radius 2 is 2.21 bits per heavy atom. The highest BCUT2D eigenvalue weighted by atomic mass is 16.4. The van der Waals surface area contributed by atoms with Crippen LogP contribution in [-0.2, 0) is 6.54 Å². The quantitative estimate of drug-likeness (QED) is 0.937. The van der Waals surface area contributed by atoms with Gasteiger partial charge >= 0.3 is 0 Å². The van der Waals surface area contributed by atoms with Crippen LogP contribution in [0.4, 0.5) is 0 Å². The third-order valence-corrected chi connectivity index (χ3v) is 4.54. The molecule has 0 unspecified atom stereocenters. The summed E-state index contributed by atoms with van der Waals surface area (Å²) < 4.78 is 5.69. The number of hydrogen-bond donors (Lipinski definition) is 1. The summed E-state index contributed by atoms with van der Waals surface area (Å²) in [5.74, 6) is 1.20. The Kier molecular flexibility index (Phi) is 5.30. The van der Waals surface area contributed by atoms with Crippen LogP contribution >= 0.6 is 0 Å². The van der Waals surface area contributed by atoms with E-state index in [2.05, 4.69) is 10.3 Å². The number of aromatic nitrogens is 1. The molecular weight excluding hydrogens is 302 g/mol. The van der Waals surface area contributed by atoms with Crippen LogP contribution in [0.15, 0.2) is 34.9 Å². The van der Waals surface area contributed by atoms with Crippen molar-refractivity contribution in [2.75, 3.05) is 13.1 Å². The zero-order valence-corrected chi connectivity index (χ0v) is 14.4. The van der Waals surface area contributed by atoms with E-state index in [1.165, 1.54) is 0 Å². The van der Waals surface area contributed by atoms with Crippen LogP contribution in [0.1, 0.15) is 46.8 Å². The van der Waals surface area contributed by atoms with E-state index in [0.29, 0.717) is 12.3 Å². The SMILES string of the molecule is Cc1cc(C)c(C(=O)N(Cc2ccccn2)[C@@H]2CCCNCC2)o1. The van der Waals surface area contributed by atoms with Crippen LogP contribution in [0.25, 0.3) is 0 Å². The summed E-state index contributed by atoms with van der Waals surface area (Å²) in [5.41, 5.74) is 1.80. The van der Waals surface area contributed by atoms with Crippen molar-refractivity contribution in [3.8, 4) is 0 Å². The van der Waals surface area contributed by atoms with E-state index < -0.39 is 0 Å². The molecule has 5 heteroatoms. The number of rotatable bonds is 4. The molecule has 5 nitrogen and oxygen atoms in total. The zero-order valence-electron chi connectivity index (χ0n) is 14.4. The summed E-state index contributed by atoms with van der Waals surface area (Å²) in [6.07, 6.45) is 4.81. The minimum absolute atomic E-state index is 0.0295. The molecule has 1 N–H and O–H groups in total. The molecule has 1 aliphatic heterocycles. The molecule has 1 atom stereocenters. The normalized spacial score (nSPS) is 18.2. The molecule has 0 saturated carbocycles. The van der Waals surface area contributed by atoms with Crippen molar-refractivity contribution in [1.82, 2.24) is 15.2 Å². The lowest BCUT2D eigenvalue weighted by Gasteiger charge is -2.30. The molecule has 0 aliphatic carbocycles. The van der Waals surface area contributed by atoms with E-state index in [4.69, 9.17) is 4.42 Å². The van der Waals surface area contributed by atoms with Gasteiger partial charge in [-0.05, 0) is 64.4 Å². The average Bonchev–Trinajstić information content (AvgIpc) is 2.79. The molecule has 0 bridgehead atoms. The van der Waals surface area contributed by atoms with Crippen molar-refractivity contribution < 1.29 is 9.21 Å². The molecule has 3 heterocycles. The number of nitrogens with one attached hydrogen (secondary N) is 1. The Labute approximate surface area is 143 Å². The van der Waals surface area contributed by atoms with Crippen LogP contribution in [0.2, 0.25) is 0 Å². The first kappa shape index (κ1) is 16.7. The van der Waals surface area contributed by atoms with Gasteiger partial charge in [-0.2, -0.15) is 0 Å². The molecule has 2 aromatic heterocycles. The van der Waals surface area contributed by atoms with Gasteiger partial charge in [-0.3, -0.25) is 9.78 Å². The predicted molar refractivity (Wildman–Crippen MR) is 92.8 cm³/mol. The molecular formula is C19H25N3O2. The van der Waals surface area contributed by atoms with Crippen molar-refractivity contribution in [2.24, 2.45) is 0 Å². The summed E-state index contributed by atoms with van der Waals surface area (Å²) >= 11 is 0. The molecule has 1 saturated heterocycles. The number of aryl methyl sites for hydroxylation is 2. The fraction of sp³-hybridized carbons (Fsp3) is 0.474. The van der Waals surface area contributed by atoms with Gasteiger partial charge in [0, 0.05) is 17.8 Å². The first-order valence-corrected chi connectivity index (χ1v) is 8.64. The molecule has 0 radical (unpaired) electrons. The molecule has 1 amide bonds. The second-order valence-corrected chi connectivity index (χ2v) is 6.46. The van der Waals surface area contributed by atoms with Gasteiger partial charge in [0.2, 0.25) is 0 Å². The summed E-state index contributed by atoms with van der Waals surface area (Å²) in [7, 11) is 0. The molecule has 2 aromatic rings. The van der Waals surface area contributed by atoms with Gasteiger partial charge in [-0.1, -0.05) is 6.07 Å². The van der Waals surface area contributed by atoms with Crippen molar-refractivity contribution in [3.63, 3.8) is 0 Å². The van der Waals surface area contributed by atoms with E-state index in [1.54, 1.807) is 6.20 Å². The minimum Gasteiger partial charge on any atom is -0.456 e. The highest BCUT2D eigenvalue weighted by Crippen LogP contribution is 2.22. The van der Waals surface area contributed by atoms with Gasteiger partial charge in [0.1, 0.15) is 5.76 Å². The summed E-state index contributed by atoms with van der Waals surface area (Å²) in [4.78, 5) is 19.5. The zero-order chi connectivity index (χ0) is 16.9. The van der Waals surface area contributed by atoms with Gasteiger partial charge in [0.25, 0.3) is 5.91 Å². The first-order valence-electron chi connectivity index (χ1n) is 8.64. The number of pyridine rings is 1. The smallest absolute Gasteiger partial charge is 0.290 e. The van der Waals surface area contributed by atoms with Crippen molar-refractivity contribution in [1.29, 1.82) is 0 Å². The number of nitrogens with zero attached hydrogens (tertiary/aromatic N) is 2. The van der Waals surface area contributed by atoms with E-state index in [9.17, 15) is 4.79 Å². The van der Waals surface area contributed by atoms with Crippen LogP contribution in [-0.4, -0.2) is 34.9 Å². The van der Waals surface area contributed by atoms with Gasteiger partial charge in [0.05, 0.1) is 12.2 Å². The average molecular weight is 327 g/mol. The van der Waals surface area contributed by atoms with E-state index in [-0.39, 0.29) is 11.9 Å². The van der Waals surface area contributed by atoms with Gasteiger partial charge in [-0.25, -0.2) is 0 Å². The Hall–Kier alpha value is -2.14. The van der Waals surface area contributed by atoms with Crippen molar-refractivity contribution >= 4 is 5.91 Å². The Balaban J connectivity index is 1.88. The lowest BCUT2D eigenvalue weighted by atomic mass is 10.1. The number of hydrogen-bond acceptors (Lipinski definition) is 4. The fourth-order valence-corrected chi connectivity index (χ4v) is 3.33. The topological polar surface area (TPSA) is 58.4 Å². The summed E-state index contributed by atoms with van der Waals surface area (Å²) in [6.45, 7) is 6.27. The molecule has 1 aliphatic rings. The second-order valence-electron chi connectivity index (χ2n) is 6.46. The van der Waals surface area contributed by atoms with Crippen LogP contribution < -0.4 is 5.32 Å². The molecule has 24 heavy (non-hydrogen) atoms. The Bertz CT molecular complexity index is 673. The lowest BCUT2D eigenvalue weighted by Crippen LogP contribution is -2.40. The predicted octanol–water partition coefficient (Wildman–Crippen LogP) is 3.08. The first-order chi connectivity index (χ1) is 11.6. The number of amides is 1. The highest BCUT2D eigenvalue weighted by molar-refractivity contribution is 5.93. The van der Waals surface area contributed by atoms with Crippen LogP contribution in [0.3, 0.4) is 0 Å². The van der Waals surface area contributed by atoms with E-state index >= 15 is 0 Å². The highest BCUT2D eigenvalue weighted by Gasteiger charge is 2.29. The van der Waals surface area contributed by atoms with Gasteiger partial charge in [0.15, 0.2) is 5.76 Å². The monoisotopic (exact) mass is 327 g/mol. The third-order valence-electron chi connectivity index (χ3n) is 4.54. The fourth-order valence-electron chi connectivity index (χ4n) is 3.33. The maximum Gasteiger partial charge on any atom is 0.290 e. The van der Waals surface area contributed by atoms with Crippen LogP contribution in [0.5, 0.6) is 0 Å². The summed E-state index contributed by atoms with van der Waals surface area (Å²) in [5, 5.41) is 3.41. The Morgan fingerprint density at radius 1 is 1.33 bits per heavy atom. The van der Waals surface area contributed by atoms with Gasteiger partial charge < -0.3 is 14.6 Å². The maximum atomic E-state index is 13.2. The molecule has 0 spiro atoms. The molecule has 1 fully saturated rings. The number of carbonyl (C=O) groups excluding carboxylic acids is 1. The molecule has 0 aromatic carbocycles. The minimum atomic E-state index is -0.0295. The van der Waals surface area contributed by atoms with E-state index in [1.807, 2.05) is 43.0 Å². The van der Waals surface area contributed by atoms with Crippen molar-refractivity contribution in [3.05, 3.63) is 53.2 Å². The van der Waals surface area contributed by atoms with Crippen molar-refractivity contribution in [2.45, 2.75) is 45.7 Å². The maximum absolute atomic E-state index is 13.2. The van der Waals surface area contributed by atoms with Crippen LogP contribution in [0, 0.1) is 13.8 Å².